The fourth-order valence-corrected chi connectivity index (χ4v) is 2.46. The number of rotatable bonds is 5. The molecule has 1 unspecified atom stereocenters. The van der Waals surface area contributed by atoms with Gasteiger partial charge in [-0.3, -0.25) is 9.69 Å². The van der Waals surface area contributed by atoms with Crippen LogP contribution in [0.3, 0.4) is 0 Å². The van der Waals surface area contributed by atoms with E-state index >= 15 is 0 Å². The lowest BCUT2D eigenvalue weighted by atomic mass is 9.87. The third-order valence-electron chi connectivity index (χ3n) is 3.87. The van der Waals surface area contributed by atoms with Gasteiger partial charge in [-0.15, -0.1) is 0 Å². The van der Waals surface area contributed by atoms with Crippen molar-refractivity contribution in [2.75, 3.05) is 20.2 Å². The van der Waals surface area contributed by atoms with Crippen LogP contribution in [0, 0.1) is 23.2 Å². The first-order valence-electron chi connectivity index (χ1n) is 6.57. The normalized spacial score (nSPS) is 17.1. The Kier molecular flexibility index (Phi) is 4.26. The standard InChI is InChI=1S/C15H18N2O3/c1-10(15(18)19)13-8-17(9-13)7-11-3-4-14(20-2)12(5-11)6-16/h3-5,10,13H,7-9H2,1-2H3,(H,18,19). The smallest absolute Gasteiger partial charge is 0.306 e. The predicted molar refractivity (Wildman–Crippen MR) is 73.3 cm³/mol. The molecule has 5 nitrogen and oxygen atoms in total. The monoisotopic (exact) mass is 274 g/mol. The van der Waals surface area contributed by atoms with Crippen LogP contribution in [-0.4, -0.2) is 36.2 Å². The number of methoxy groups -OCH3 is 1. The molecule has 1 aliphatic heterocycles. The van der Waals surface area contributed by atoms with Crippen molar-refractivity contribution in [3.63, 3.8) is 0 Å². The Labute approximate surface area is 118 Å². The Morgan fingerprint density at radius 2 is 2.30 bits per heavy atom. The Morgan fingerprint density at radius 3 is 2.85 bits per heavy atom. The van der Waals surface area contributed by atoms with E-state index in [4.69, 9.17) is 15.1 Å². The first kappa shape index (κ1) is 14.4. The molecule has 1 aliphatic rings. The molecule has 1 saturated heterocycles. The maximum Gasteiger partial charge on any atom is 0.306 e. The van der Waals surface area contributed by atoms with Crippen molar-refractivity contribution in [1.82, 2.24) is 4.90 Å². The molecule has 0 bridgehead atoms. The molecule has 1 atom stereocenters. The highest BCUT2D eigenvalue weighted by atomic mass is 16.5. The van der Waals surface area contributed by atoms with E-state index in [2.05, 4.69) is 11.0 Å². The molecule has 0 spiro atoms. The molecule has 20 heavy (non-hydrogen) atoms. The van der Waals surface area contributed by atoms with Crippen LogP contribution in [0.15, 0.2) is 18.2 Å². The highest BCUT2D eigenvalue weighted by Gasteiger charge is 2.34. The van der Waals surface area contributed by atoms with Crippen molar-refractivity contribution in [2.45, 2.75) is 13.5 Å². The molecular weight excluding hydrogens is 256 g/mol. The fraction of sp³-hybridized carbons (Fsp3) is 0.467. The van der Waals surface area contributed by atoms with Crippen LogP contribution in [0.25, 0.3) is 0 Å². The van der Waals surface area contributed by atoms with Crippen molar-refractivity contribution >= 4 is 5.97 Å². The Balaban J connectivity index is 1.93. The minimum atomic E-state index is -0.731. The van der Waals surface area contributed by atoms with Crippen LogP contribution < -0.4 is 4.74 Å². The molecule has 5 heteroatoms. The van der Waals surface area contributed by atoms with Gasteiger partial charge in [0.05, 0.1) is 18.6 Å². The molecule has 0 radical (unpaired) electrons. The Bertz CT molecular complexity index is 545. The van der Waals surface area contributed by atoms with E-state index in [-0.39, 0.29) is 11.8 Å². The molecule has 1 N–H and O–H groups in total. The largest absolute Gasteiger partial charge is 0.495 e. The number of carboxylic acid groups (broad SMARTS) is 1. The zero-order chi connectivity index (χ0) is 14.7. The van der Waals surface area contributed by atoms with Gasteiger partial charge < -0.3 is 9.84 Å². The average Bonchev–Trinajstić information content (AvgIpc) is 2.41. The zero-order valence-electron chi connectivity index (χ0n) is 11.7. The summed E-state index contributed by atoms with van der Waals surface area (Å²) in [6.07, 6.45) is 0. The van der Waals surface area contributed by atoms with Gasteiger partial charge >= 0.3 is 5.97 Å². The number of hydrogen-bond acceptors (Lipinski definition) is 4. The maximum absolute atomic E-state index is 10.9. The number of hydrogen-bond donors (Lipinski definition) is 1. The fourth-order valence-electron chi connectivity index (χ4n) is 2.46. The lowest BCUT2D eigenvalue weighted by molar-refractivity contribution is -0.145. The van der Waals surface area contributed by atoms with Crippen LogP contribution >= 0.6 is 0 Å². The van der Waals surface area contributed by atoms with Crippen molar-refractivity contribution in [2.24, 2.45) is 11.8 Å². The second-order valence-electron chi connectivity index (χ2n) is 5.23. The molecular formula is C15H18N2O3. The summed E-state index contributed by atoms with van der Waals surface area (Å²) in [5.74, 6) is -0.221. The van der Waals surface area contributed by atoms with Gasteiger partial charge in [-0.05, 0) is 23.6 Å². The number of carbonyl (C=O) groups is 1. The molecule has 0 amide bonds. The lowest BCUT2D eigenvalue weighted by Gasteiger charge is -2.41. The molecule has 1 aromatic rings. The number of carboxylic acids is 1. The highest BCUT2D eigenvalue weighted by molar-refractivity contribution is 5.70. The van der Waals surface area contributed by atoms with E-state index in [9.17, 15) is 4.79 Å². The predicted octanol–water partition coefficient (Wildman–Crippen LogP) is 1.72. The van der Waals surface area contributed by atoms with Crippen LogP contribution in [0.4, 0.5) is 0 Å². The number of likely N-dealkylation sites (tertiary alicyclic amines) is 1. The van der Waals surface area contributed by atoms with Crippen molar-refractivity contribution in [3.8, 4) is 11.8 Å². The molecule has 1 aromatic carbocycles. The Morgan fingerprint density at radius 1 is 1.60 bits per heavy atom. The van der Waals surface area contributed by atoms with Gasteiger partial charge in [0.1, 0.15) is 11.8 Å². The van der Waals surface area contributed by atoms with Crippen LogP contribution in [0.5, 0.6) is 5.75 Å². The summed E-state index contributed by atoms with van der Waals surface area (Å²) < 4.78 is 5.11. The summed E-state index contributed by atoms with van der Waals surface area (Å²) in [6, 6.07) is 7.68. The average molecular weight is 274 g/mol. The maximum atomic E-state index is 10.9. The topological polar surface area (TPSA) is 73.6 Å². The van der Waals surface area contributed by atoms with Crippen LogP contribution in [0.2, 0.25) is 0 Å². The molecule has 106 valence electrons. The third kappa shape index (κ3) is 2.91. The van der Waals surface area contributed by atoms with E-state index in [0.29, 0.717) is 11.3 Å². The number of benzene rings is 1. The zero-order valence-corrected chi connectivity index (χ0v) is 11.7. The molecule has 2 rings (SSSR count). The summed E-state index contributed by atoms with van der Waals surface area (Å²) in [7, 11) is 1.54. The van der Waals surface area contributed by atoms with Crippen molar-refractivity contribution < 1.29 is 14.6 Å². The van der Waals surface area contributed by atoms with E-state index in [1.54, 1.807) is 20.1 Å². The molecule has 0 aromatic heterocycles. The van der Waals surface area contributed by atoms with Crippen LogP contribution in [-0.2, 0) is 11.3 Å². The quantitative estimate of drug-likeness (QED) is 0.885. The highest BCUT2D eigenvalue weighted by Crippen LogP contribution is 2.27. The van der Waals surface area contributed by atoms with Gasteiger partial charge in [-0.25, -0.2) is 0 Å². The molecule has 1 heterocycles. The van der Waals surface area contributed by atoms with Crippen molar-refractivity contribution in [1.29, 1.82) is 5.26 Å². The van der Waals surface area contributed by atoms with Crippen LogP contribution in [0.1, 0.15) is 18.1 Å². The third-order valence-corrected chi connectivity index (χ3v) is 3.87. The van der Waals surface area contributed by atoms with E-state index in [0.717, 1.165) is 25.2 Å². The van der Waals surface area contributed by atoms with E-state index in [1.165, 1.54) is 0 Å². The van der Waals surface area contributed by atoms with E-state index < -0.39 is 5.97 Å². The first-order valence-corrected chi connectivity index (χ1v) is 6.57. The SMILES string of the molecule is COc1ccc(CN2CC(C(C)C(=O)O)C2)cc1C#N. The van der Waals surface area contributed by atoms with E-state index in [1.807, 2.05) is 12.1 Å². The minimum absolute atomic E-state index is 0.223. The van der Waals surface area contributed by atoms with Gasteiger partial charge in [0, 0.05) is 19.6 Å². The van der Waals surface area contributed by atoms with Gasteiger partial charge in [-0.1, -0.05) is 13.0 Å². The number of nitrogens with zero attached hydrogens (tertiary/aromatic N) is 2. The molecule has 0 saturated carbocycles. The summed E-state index contributed by atoms with van der Waals surface area (Å²) in [4.78, 5) is 13.1. The summed E-state index contributed by atoms with van der Waals surface area (Å²) in [5, 5.41) is 18.0. The summed E-state index contributed by atoms with van der Waals surface area (Å²) >= 11 is 0. The number of ether oxygens (including phenoxy) is 1. The van der Waals surface area contributed by atoms with Crippen molar-refractivity contribution in [3.05, 3.63) is 29.3 Å². The molecule has 1 fully saturated rings. The number of nitriles is 1. The second kappa shape index (κ2) is 5.93. The Hall–Kier alpha value is -2.06. The lowest BCUT2D eigenvalue weighted by Crippen LogP contribution is -2.50. The number of aliphatic carboxylic acids is 1. The van der Waals surface area contributed by atoms with Gasteiger partial charge in [0.2, 0.25) is 0 Å². The minimum Gasteiger partial charge on any atom is -0.495 e. The first-order chi connectivity index (χ1) is 9.55. The van der Waals surface area contributed by atoms with Gasteiger partial charge in [-0.2, -0.15) is 5.26 Å². The second-order valence-corrected chi connectivity index (χ2v) is 5.23. The van der Waals surface area contributed by atoms with Gasteiger partial charge in [0.15, 0.2) is 0 Å². The summed E-state index contributed by atoms with van der Waals surface area (Å²) in [6.45, 7) is 4.08. The molecule has 0 aliphatic carbocycles. The van der Waals surface area contributed by atoms with Gasteiger partial charge in [0.25, 0.3) is 0 Å². The summed E-state index contributed by atoms with van der Waals surface area (Å²) in [5.41, 5.74) is 1.57.